The second-order valence-electron chi connectivity index (χ2n) is 2.18. The molecule has 0 aliphatic rings. The molecule has 9 heteroatoms. The first-order chi connectivity index (χ1) is 5.78. The molecule has 78 valence electrons. The Hall–Kier alpha value is -0.500. The zero-order chi connectivity index (χ0) is 10.6. The molecule has 0 aromatic rings. The normalized spacial score (nSPS) is 16.6. The monoisotopic (exact) mass is 215 g/mol. The minimum atomic E-state index is -4.84. The molecule has 13 heavy (non-hydrogen) atoms. The van der Waals surface area contributed by atoms with Crippen molar-refractivity contribution in [3.05, 3.63) is 0 Å². The van der Waals surface area contributed by atoms with Crippen molar-refractivity contribution in [1.29, 1.82) is 0 Å². The second kappa shape index (κ2) is 4.66. The number of carbonyl (C=O) groups is 1. The van der Waals surface area contributed by atoms with Gasteiger partial charge in [0.1, 0.15) is 12.1 Å². The molecule has 0 amide bonds. The third-order valence-corrected chi connectivity index (χ3v) is 1.68. The third-order valence-electron chi connectivity index (χ3n) is 1.14. The van der Waals surface area contributed by atoms with Crippen LogP contribution in [0.4, 0.5) is 0 Å². The first kappa shape index (κ1) is 12.5. The molecule has 6 N–H and O–H groups in total. The number of carboxylic acids is 1. The topological polar surface area (TPSA) is 150 Å². The van der Waals surface area contributed by atoms with Gasteiger partial charge in [0.25, 0.3) is 0 Å². The fraction of sp³-hybridized carbons (Fsp3) is 0.750. The maximum Gasteiger partial charge on any atom is 0.470 e. The van der Waals surface area contributed by atoms with Crippen molar-refractivity contribution in [3.8, 4) is 0 Å². The third kappa shape index (κ3) is 4.94. The maximum absolute atomic E-state index is 10.2. The Kier molecular flexibility index (Phi) is 4.48. The Morgan fingerprint density at radius 1 is 1.54 bits per heavy atom. The lowest BCUT2D eigenvalue weighted by Gasteiger charge is -2.18. The van der Waals surface area contributed by atoms with Gasteiger partial charge in [0.15, 0.2) is 0 Å². The van der Waals surface area contributed by atoms with Crippen LogP contribution in [0.3, 0.4) is 0 Å². The maximum atomic E-state index is 10.2. The van der Waals surface area contributed by atoms with E-state index >= 15 is 0 Å². The Morgan fingerprint density at radius 3 is 2.23 bits per heavy atom. The number of carboxylic acid groups (broad SMARTS) is 1. The SMILES string of the molecule is NC(C(=O)O)C(CO)OP(=O)(O)O. The number of phosphoric acid groups is 1. The molecule has 0 aromatic heterocycles. The van der Waals surface area contributed by atoms with Gasteiger partial charge in [-0.1, -0.05) is 0 Å². The highest BCUT2D eigenvalue weighted by Gasteiger charge is 2.30. The van der Waals surface area contributed by atoms with E-state index in [1.165, 1.54) is 0 Å². The standard InChI is InChI=1S/C4H10NO7P/c5-3(4(7)8)2(1-6)12-13(9,10)11/h2-3,6H,1,5H2,(H,7,8)(H2,9,10,11). The lowest BCUT2D eigenvalue weighted by atomic mass is 10.2. The van der Waals surface area contributed by atoms with Crippen molar-refractivity contribution in [2.75, 3.05) is 6.61 Å². The van der Waals surface area contributed by atoms with Crippen LogP contribution in [0.25, 0.3) is 0 Å². The summed E-state index contributed by atoms with van der Waals surface area (Å²) in [5, 5.41) is 16.8. The molecule has 0 aliphatic carbocycles. The van der Waals surface area contributed by atoms with E-state index in [0.717, 1.165) is 0 Å². The van der Waals surface area contributed by atoms with E-state index < -0.39 is 32.5 Å². The van der Waals surface area contributed by atoms with Gasteiger partial charge >= 0.3 is 13.8 Å². The van der Waals surface area contributed by atoms with Gasteiger partial charge in [-0.2, -0.15) is 0 Å². The molecule has 0 aliphatic heterocycles. The van der Waals surface area contributed by atoms with Gasteiger partial charge in [0.2, 0.25) is 0 Å². The zero-order valence-electron chi connectivity index (χ0n) is 6.40. The summed E-state index contributed by atoms with van der Waals surface area (Å²) in [6.45, 7) is -0.890. The molecule has 0 spiro atoms. The highest BCUT2D eigenvalue weighted by Crippen LogP contribution is 2.37. The van der Waals surface area contributed by atoms with Crippen LogP contribution in [0.5, 0.6) is 0 Å². The van der Waals surface area contributed by atoms with Crippen molar-refractivity contribution in [3.63, 3.8) is 0 Å². The average molecular weight is 215 g/mol. The van der Waals surface area contributed by atoms with E-state index in [0.29, 0.717) is 0 Å². The molecule has 0 saturated carbocycles. The van der Waals surface area contributed by atoms with Gasteiger partial charge in [-0.05, 0) is 0 Å². The van der Waals surface area contributed by atoms with E-state index in [2.05, 4.69) is 4.52 Å². The van der Waals surface area contributed by atoms with Crippen LogP contribution in [-0.2, 0) is 13.9 Å². The molecular formula is C4H10NO7P. The van der Waals surface area contributed by atoms with Crippen LogP contribution in [0, 0.1) is 0 Å². The number of phosphoric ester groups is 1. The van der Waals surface area contributed by atoms with Crippen LogP contribution in [0.1, 0.15) is 0 Å². The number of aliphatic carboxylic acids is 1. The minimum Gasteiger partial charge on any atom is -0.480 e. The van der Waals surface area contributed by atoms with Gasteiger partial charge in [-0.25, -0.2) is 4.57 Å². The highest BCUT2D eigenvalue weighted by atomic mass is 31.2. The van der Waals surface area contributed by atoms with Gasteiger partial charge in [0.05, 0.1) is 6.61 Å². The summed E-state index contributed by atoms with van der Waals surface area (Å²) in [5.41, 5.74) is 4.95. The lowest BCUT2D eigenvalue weighted by molar-refractivity contribution is -0.141. The molecule has 0 heterocycles. The van der Waals surface area contributed by atoms with Gasteiger partial charge < -0.3 is 25.7 Å². The van der Waals surface area contributed by atoms with Crippen molar-refractivity contribution in [2.45, 2.75) is 12.1 Å². The molecule has 0 rings (SSSR count). The van der Waals surface area contributed by atoms with E-state index in [9.17, 15) is 9.36 Å². The quantitative estimate of drug-likeness (QED) is 0.326. The molecular weight excluding hydrogens is 205 g/mol. The van der Waals surface area contributed by atoms with E-state index in [1.54, 1.807) is 0 Å². The molecule has 2 atom stereocenters. The summed E-state index contributed by atoms with van der Waals surface area (Å²) in [5.74, 6) is -1.52. The average Bonchev–Trinajstić information content (AvgIpc) is 1.97. The smallest absolute Gasteiger partial charge is 0.470 e. The lowest BCUT2D eigenvalue weighted by Crippen LogP contribution is -2.44. The first-order valence-electron chi connectivity index (χ1n) is 3.11. The highest BCUT2D eigenvalue weighted by molar-refractivity contribution is 7.46. The predicted molar refractivity (Wildman–Crippen MR) is 39.6 cm³/mol. The molecule has 0 aromatic carbocycles. The second-order valence-corrected chi connectivity index (χ2v) is 3.37. The molecule has 0 fully saturated rings. The fourth-order valence-electron chi connectivity index (χ4n) is 0.548. The fourth-order valence-corrected chi connectivity index (χ4v) is 1.10. The first-order valence-corrected chi connectivity index (χ1v) is 4.64. The summed E-state index contributed by atoms with van der Waals surface area (Å²) >= 11 is 0. The summed E-state index contributed by atoms with van der Waals surface area (Å²) in [4.78, 5) is 26.8. The molecule has 0 saturated heterocycles. The number of hydrogen-bond donors (Lipinski definition) is 5. The predicted octanol–water partition coefficient (Wildman–Crippen LogP) is -2.13. The zero-order valence-corrected chi connectivity index (χ0v) is 7.29. The van der Waals surface area contributed by atoms with Gasteiger partial charge in [-0.3, -0.25) is 9.32 Å². The Labute approximate surface area is 73.2 Å². The van der Waals surface area contributed by atoms with Crippen molar-refractivity contribution in [2.24, 2.45) is 5.73 Å². The Bertz CT molecular complexity index is 225. The number of hydrogen-bond acceptors (Lipinski definition) is 5. The summed E-state index contributed by atoms with van der Waals surface area (Å²) in [6.07, 6.45) is -1.63. The Balaban J connectivity index is 4.35. The summed E-state index contributed by atoms with van der Waals surface area (Å²) < 4.78 is 14.2. The van der Waals surface area contributed by atoms with Crippen LogP contribution in [0.2, 0.25) is 0 Å². The van der Waals surface area contributed by atoms with Gasteiger partial charge in [-0.15, -0.1) is 0 Å². The van der Waals surface area contributed by atoms with Crippen LogP contribution >= 0.6 is 7.82 Å². The Morgan fingerprint density at radius 2 is 2.00 bits per heavy atom. The largest absolute Gasteiger partial charge is 0.480 e. The molecule has 0 bridgehead atoms. The van der Waals surface area contributed by atoms with Crippen molar-refractivity contribution < 1.29 is 33.9 Å². The molecule has 8 nitrogen and oxygen atoms in total. The number of rotatable bonds is 5. The molecule has 2 unspecified atom stereocenters. The minimum absolute atomic E-state index is 0.890. The summed E-state index contributed by atoms with van der Waals surface area (Å²) in [7, 11) is -4.84. The van der Waals surface area contributed by atoms with Crippen LogP contribution in [0.15, 0.2) is 0 Å². The number of aliphatic hydroxyl groups is 1. The van der Waals surface area contributed by atoms with Crippen LogP contribution < -0.4 is 5.73 Å². The van der Waals surface area contributed by atoms with E-state index in [4.69, 9.17) is 25.7 Å². The number of nitrogens with two attached hydrogens (primary N) is 1. The number of aliphatic hydroxyl groups excluding tert-OH is 1. The van der Waals surface area contributed by atoms with E-state index in [-0.39, 0.29) is 0 Å². The summed E-state index contributed by atoms with van der Waals surface area (Å²) in [6, 6.07) is -1.68. The molecule has 0 radical (unpaired) electrons. The van der Waals surface area contributed by atoms with Crippen molar-refractivity contribution >= 4 is 13.8 Å². The van der Waals surface area contributed by atoms with Gasteiger partial charge in [0, 0.05) is 0 Å². The van der Waals surface area contributed by atoms with Crippen LogP contribution in [-0.4, -0.2) is 44.7 Å². The van der Waals surface area contributed by atoms with E-state index in [1.807, 2.05) is 0 Å². The van der Waals surface area contributed by atoms with Crippen molar-refractivity contribution in [1.82, 2.24) is 0 Å².